The molecule has 2 unspecified atom stereocenters. The van der Waals surface area contributed by atoms with E-state index in [9.17, 15) is 5.11 Å². The van der Waals surface area contributed by atoms with Gasteiger partial charge in [-0.05, 0) is 49.9 Å². The van der Waals surface area contributed by atoms with Crippen molar-refractivity contribution in [3.63, 3.8) is 0 Å². The Morgan fingerprint density at radius 3 is 3.00 bits per heavy atom. The summed E-state index contributed by atoms with van der Waals surface area (Å²) in [4.78, 5) is 0. The molecule has 0 spiro atoms. The van der Waals surface area contributed by atoms with Crippen molar-refractivity contribution < 1.29 is 9.84 Å². The highest BCUT2D eigenvalue weighted by Gasteiger charge is 2.12. The number of nitrogens with one attached hydrogen (secondary N) is 1. The van der Waals surface area contributed by atoms with E-state index in [0.717, 1.165) is 35.6 Å². The van der Waals surface area contributed by atoms with Gasteiger partial charge in [0.05, 0.1) is 0 Å². The summed E-state index contributed by atoms with van der Waals surface area (Å²) in [5.74, 6) is 0.742. The van der Waals surface area contributed by atoms with Gasteiger partial charge in [0.2, 0.25) is 0 Å². The number of halogens is 1. The first-order valence-corrected chi connectivity index (χ1v) is 7.48. The van der Waals surface area contributed by atoms with E-state index in [1.165, 1.54) is 0 Å². The molecule has 20 heavy (non-hydrogen) atoms. The fourth-order valence-corrected chi connectivity index (χ4v) is 2.36. The number of aliphatic hydroxyl groups is 1. The molecule has 1 aliphatic carbocycles. The lowest BCUT2D eigenvalue weighted by Gasteiger charge is -2.21. The molecule has 2 rings (SSSR count). The summed E-state index contributed by atoms with van der Waals surface area (Å²) in [5.41, 5.74) is 0.978. The maximum absolute atomic E-state index is 9.93. The molecule has 1 aliphatic rings. The van der Waals surface area contributed by atoms with E-state index in [2.05, 4.69) is 17.5 Å². The SMILES string of the molecule is Cc1cc(OCC(O)CNC2CC=CCC2)ccc1Cl. The fourth-order valence-electron chi connectivity index (χ4n) is 2.24. The molecule has 0 amide bonds. The molecular formula is C16H22ClNO2. The van der Waals surface area contributed by atoms with E-state index in [0.29, 0.717) is 12.6 Å². The molecule has 1 aromatic rings. The molecule has 0 saturated carbocycles. The molecule has 0 fully saturated rings. The molecule has 0 aromatic heterocycles. The summed E-state index contributed by atoms with van der Waals surface area (Å²) in [6.45, 7) is 2.78. The number of rotatable bonds is 6. The smallest absolute Gasteiger partial charge is 0.119 e. The number of benzene rings is 1. The van der Waals surface area contributed by atoms with Crippen molar-refractivity contribution in [2.45, 2.75) is 38.3 Å². The first-order valence-electron chi connectivity index (χ1n) is 7.10. The van der Waals surface area contributed by atoms with E-state index in [1.54, 1.807) is 0 Å². The highest BCUT2D eigenvalue weighted by molar-refractivity contribution is 6.31. The highest BCUT2D eigenvalue weighted by atomic mass is 35.5. The normalized spacial score (nSPS) is 19.9. The van der Waals surface area contributed by atoms with Crippen molar-refractivity contribution in [3.05, 3.63) is 40.9 Å². The summed E-state index contributed by atoms with van der Waals surface area (Å²) >= 11 is 5.96. The Labute approximate surface area is 125 Å². The quantitative estimate of drug-likeness (QED) is 0.793. The second-order valence-electron chi connectivity index (χ2n) is 5.27. The minimum Gasteiger partial charge on any atom is -0.491 e. The van der Waals surface area contributed by atoms with Gasteiger partial charge in [-0.1, -0.05) is 23.8 Å². The summed E-state index contributed by atoms with van der Waals surface area (Å²) in [6.07, 6.45) is 7.21. The second kappa shape index (κ2) is 7.67. The van der Waals surface area contributed by atoms with E-state index >= 15 is 0 Å². The van der Waals surface area contributed by atoms with E-state index in [4.69, 9.17) is 16.3 Å². The van der Waals surface area contributed by atoms with Crippen LogP contribution in [0.25, 0.3) is 0 Å². The maximum atomic E-state index is 9.93. The van der Waals surface area contributed by atoms with Crippen LogP contribution in [0.2, 0.25) is 5.02 Å². The van der Waals surface area contributed by atoms with Crippen LogP contribution in [0.4, 0.5) is 0 Å². The van der Waals surface area contributed by atoms with E-state index in [1.807, 2.05) is 25.1 Å². The van der Waals surface area contributed by atoms with Crippen LogP contribution in [-0.2, 0) is 0 Å². The average Bonchev–Trinajstić information content (AvgIpc) is 2.47. The predicted octanol–water partition coefficient (Wildman–Crippen LogP) is 3.09. The predicted molar refractivity (Wildman–Crippen MR) is 82.5 cm³/mol. The number of aliphatic hydroxyl groups excluding tert-OH is 1. The van der Waals surface area contributed by atoms with Crippen molar-refractivity contribution in [2.24, 2.45) is 0 Å². The van der Waals surface area contributed by atoms with Gasteiger partial charge in [-0.2, -0.15) is 0 Å². The third-order valence-electron chi connectivity index (χ3n) is 3.48. The third-order valence-corrected chi connectivity index (χ3v) is 3.91. The molecule has 0 heterocycles. The molecule has 0 bridgehead atoms. The lowest BCUT2D eigenvalue weighted by atomic mass is 10.0. The van der Waals surface area contributed by atoms with Crippen LogP contribution >= 0.6 is 11.6 Å². The second-order valence-corrected chi connectivity index (χ2v) is 5.67. The molecule has 0 aliphatic heterocycles. The first kappa shape index (κ1) is 15.4. The van der Waals surface area contributed by atoms with Crippen LogP contribution in [0.15, 0.2) is 30.4 Å². The molecule has 2 N–H and O–H groups in total. The zero-order valence-corrected chi connectivity index (χ0v) is 12.6. The molecular weight excluding hydrogens is 274 g/mol. The van der Waals surface area contributed by atoms with Gasteiger partial charge in [-0.15, -0.1) is 0 Å². The number of aryl methyl sites for hydroxylation is 1. The van der Waals surface area contributed by atoms with Gasteiger partial charge in [-0.3, -0.25) is 0 Å². The number of hydrogen-bond acceptors (Lipinski definition) is 3. The molecule has 0 radical (unpaired) electrons. The summed E-state index contributed by atoms with van der Waals surface area (Å²) in [5, 5.41) is 14.0. The van der Waals surface area contributed by atoms with Crippen molar-refractivity contribution in [3.8, 4) is 5.75 Å². The Morgan fingerprint density at radius 1 is 1.45 bits per heavy atom. The Balaban J connectivity index is 1.70. The lowest BCUT2D eigenvalue weighted by molar-refractivity contribution is 0.103. The molecule has 0 saturated heterocycles. The standard InChI is InChI=1S/C16H22ClNO2/c1-12-9-15(7-8-16(12)17)20-11-14(19)10-18-13-5-3-2-4-6-13/h2-3,7-9,13-14,18-19H,4-6,10-11H2,1H3. The molecule has 4 heteroatoms. The third kappa shape index (κ3) is 4.82. The zero-order chi connectivity index (χ0) is 14.4. The number of allylic oxidation sites excluding steroid dienone is 1. The van der Waals surface area contributed by atoms with Crippen molar-refractivity contribution in [2.75, 3.05) is 13.2 Å². The van der Waals surface area contributed by atoms with E-state index < -0.39 is 6.10 Å². The number of hydrogen-bond donors (Lipinski definition) is 2. The van der Waals surface area contributed by atoms with Crippen LogP contribution in [0.3, 0.4) is 0 Å². The molecule has 2 atom stereocenters. The fraction of sp³-hybridized carbons (Fsp3) is 0.500. The first-order chi connectivity index (χ1) is 9.65. The van der Waals surface area contributed by atoms with Gasteiger partial charge in [0.15, 0.2) is 0 Å². The largest absolute Gasteiger partial charge is 0.491 e. The van der Waals surface area contributed by atoms with Gasteiger partial charge < -0.3 is 15.2 Å². The van der Waals surface area contributed by atoms with Crippen LogP contribution in [-0.4, -0.2) is 30.4 Å². The molecule has 3 nitrogen and oxygen atoms in total. The summed E-state index contributed by atoms with van der Waals surface area (Å²) in [6, 6.07) is 5.99. The highest BCUT2D eigenvalue weighted by Crippen LogP contribution is 2.21. The van der Waals surface area contributed by atoms with Crippen molar-refractivity contribution >= 4 is 11.6 Å². The van der Waals surface area contributed by atoms with Crippen LogP contribution in [0.1, 0.15) is 24.8 Å². The van der Waals surface area contributed by atoms with Crippen LogP contribution in [0.5, 0.6) is 5.75 Å². The lowest BCUT2D eigenvalue weighted by Crippen LogP contribution is -2.38. The van der Waals surface area contributed by atoms with Gasteiger partial charge in [-0.25, -0.2) is 0 Å². The summed E-state index contributed by atoms with van der Waals surface area (Å²) in [7, 11) is 0. The Bertz CT molecular complexity index is 462. The van der Waals surface area contributed by atoms with Gasteiger partial charge in [0, 0.05) is 17.6 Å². The molecule has 1 aromatic carbocycles. The Hall–Kier alpha value is -1.03. The van der Waals surface area contributed by atoms with Gasteiger partial charge in [0.1, 0.15) is 18.5 Å². The van der Waals surface area contributed by atoms with Crippen molar-refractivity contribution in [1.82, 2.24) is 5.32 Å². The zero-order valence-electron chi connectivity index (χ0n) is 11.8. The van der Waals surface area contributed by atoms with E-state index in [-0.39, 0.29) is 6.61 Å². The van der Waals surface area contributed by atoms with Gasteiger partial charge in [0.25, 0.3) is 0 Å². The average molecular weight is 296 g/mol. The van der Waals surface area contributed by atoms with Crippen LogP contribution < -0.4 is 10.1 Å². The Kier molecular flexibility index (Phi) is 5.89. The van der Waals surface area contributed by atoms with Crippen molar-refractivity contribution in [1.29, 1.82) is 0 Å². The molecule has 110 valence electrons. The minimum atomic E-state index is -0.503. The monoisotopic (exact) mass is 295 g/mol. The van der Waals surface area contributed by atoms with Crippen LogP contribution in [0, 0.1) is 6.92 Å². The topological polar surface area (TPSA) is 41.5 Å². The summed E-state index contributed by atoms with van der Waals surface area (Å²) < 4.78 is 5.58. The number of ether oxygens (including phenoxy) is 1. The van der Waals surface area contributed by atoms with Gasteiger partial charge >= 0.3 is 0 Å². The maximum Gasteiger partial charge on any atom is 0.119 e. The minimum absolute atomic E-state index is 0.288. The Morgan fingerprint density at radius 2 is 2.30 bits per heavy atom.